The van der Waals surface area contributed by atoms with Gasteiger partial charge in [0.15, 0.2) is 0 Å². The number of aliphatic hydroxyl groups is 2. The van der Waals surface area contributed by atoms with Gasteiger partial charge < -0.3 is 20.2 Å². The van der Waals surface area contributed by atoms with Crippen molar-refractivity contribution in [3.05, 3.63) is 29.5 Å². The lowest BCUT2D eigenvalue weighted by atomic mass is 10.1. The van der Waals surface area contributed by atoms with Gasteiger partial charge >= 0.3 is 6.18 Å². The highest BCUT2D eigenvalue weighted by Crippen LogP contribution is 2.36. The van der Waals surface area contributed by atoms with E-state index in [-0.39, 0.29) is 36.7 Å². The second kappa shape index (κ2) is 6.69. The lowest BCUT2D eigenvalue weighted by Crippen LogP contribution is -2.46. The number of piperidine rings is 1. The third kappa shape index (κ3) is 3.70. The summed E-state index contributed by atoms with van der Waals surface area (Å²) in [6.07, 6.45) is -5.74. The Kier molecular flexibility index (Phi) is 4.72. The topological polar surface area (TPSA) is 103 Å². The molecule has 0 bridgehead atoms. The first-order valence-corrected chi connectivity index (χ1v) is 7.88. The lowest BCUT2D eigenvalue weighted by molar-refractivity contribution is -0.137. The molecule has 1 aromatic carbocycles. The normalized spacial score (nSPS) is 21.1. The Morgan fingerprint density at radius 3 is 2.31 bits per heavy atom. The van der Waals surface area contributed by atoms with Crippen LogP contribution in [-0.4, -0.2) is 55.8 Å². The number of phenolic OH excluding ortho intramolecular Hbond substituents is 1. The molecule has 1 aliphatic rings. The zero-order valence-electron chi connectivity index (χ0n) is 13.8. The number of aromatic nitrogens is 3. The van der Waals surface area contributed by atoms with Gasteiger partial charge in [-0.1, -0.05) is 0 Å². The molecule has 2 heterocycles. The average molecular weight is 370 g/mol. The molecule has 2 aromatic rings. The van der Waals surface area contributed by atoms with Gasteiger partial charge in [-0.3, -0.25) is 0 Å². The van der Waals surface area contributed by atoms with Gasteiger partial charge in [0.1, 0.15) is 11.4 Å². The number of nitrogens with zero attached hydrogens (tertiary/aromatic N) is 4. The van der Waals surface area contributed by atoms with Gasteiger partial charge in [-0.05, 0) is 25.1 Å². The predicted octanol–water partition coefficient (Wildman–Crippen LogP) is 1.50. The van der Waals surface area contributed by atoms with Gasteiger partial charge in [-0.15, -0.1) is 10.2 Å². The summed E-state index contributed by atoms with van der Waals surface area (Å²) in [6.45, 7) is 2.06. The predicted molar refractivity (Wildman–Crippen MR) is 85.5 cm³/mol. The Labute approximate surface area is 146 Å². The van der Waals surface area contributed by atoms with Crippen LogP contribution >= 0.6 is 0 Å². The van der Waals surface area contributed by atoms with Crippen LogP contribution in [0.4, 0.5) is 19.1 Å². The lowest BCUT2D eigenvalue weighted by Gasteiger charge is -2.33. The Morgan fingerprint density at radius 1 is 1.12 bits per heavy atom. The number of benzene rings is 1. The summed E-state index contributed by atoms with van der Waals surface area (Å²) in [6, 6.07) is 2.59. The monoisotopic (exact) mass is 370 g/mol. The molecule has 0 saturated carbocycles. The minimum atomic E-state index is -4.56. The number of halogens is 3. The number of rotatable bonds is 2. The molecule has 0 aliphatic carbocycles. The second-order valence-corrected chi connectivity index (χ2v) is 6.22. The van der Waals surface area contributed by atoms with Crippen molar-refractivity contribution in [1.29, 1.82) is 0 Å². The van der Waals surface area contributed by atoms with Crippen molar-refractivity contribution in [3.8, 4) is 17.0 Å². The molecule has 3 rings (SSSR count). The van der Waals surface area contributed by atoms with Gasteiger partial charge in [-0.2, -0.15) is 13.2 Å². The highest BCUT2D eigenvalue weighted by atomic mass is 19.4. The third-order valence-corrected chi connectivity index (χ3v) is 4.12. The van der Waals surface area contributed by atoms with E-state index in [1.54, 1.807) is 11.8 Å². The quantitative estimate of drug-likeness (QED) is 0.736. The molecular formula is C16H17F3N4O3. The SMILES string of the molecule is Cc1nc(N2C[C@H](O)C[C@@H](O)C2)nnc1-c1ccc(C(F)(F)F)cc1O. The number of β-amino-alcohol motifs (C(OH)–C–C–N with tert-alkyl or cyclic N) is 2. The molecule has 140 valence electrons. The number of hydrogen-bond donors (Lipinski definition) is 3. The number of aliphatic hydroxyl groups excluding tert-OH is 2. The molecule has 7 nitrogen and oxygen atoms in total. The molecule has 0 spiro atoms. The fraction of sp³-hybridized carbons (Fsp3) is 0.438. The molecule has 10 heteroatoms. The first-order valence-electron chi connectivity index (χ1n) is 7.88. The summed E-state index contributed by atoms with van der Waals surface area (Å²) in [5.74, 6) is -0.383. The molecule has 0 radical (unpaired) electrons. The van der Waals surface area contributed by atoms with Crippen LogP contribution in [0.1, 0.15) is 17.7 Å². The van der Waals surface area contributed by atoms with Crippen molar-refractivity contribution in [2.45, 2.75) is 31.7 Å². The Bertz CT molecular complexity index is 806. The first-order chi connectivity index (χ1) is 12.1. The molecule has 0 amide bonds. The Balaban J connectivity index is 1.91. The van der Waals surface area contributed by atoms with Crippen molar-refractivity contribution < 1.29 is 28.5 Å². The van der Waals surface area contributed by atoms with E-state index in [1.807, 2.05) is 0 Å². The van der Waals surface area contributed by atoms with E-state index >= 15 is 0 Å². The first kappa shape index (κ1) is 18.3. The highest BCUT2D eigenvalue weighted by Gasteiger charge is 2.31. The van der Waals surface area contributed by atoms with Crippen LogP contribution in [0.15, 0.2) is 18.2 Å². The van der Waals surface area contributed by atoms with Crippen molar-refractivity contribution in [1.82, 2.24) is 15.2 Å². The maximum atomic E-state index is 12.7. The second-order valence-electron chi connectivity index (χ2n) is 6.22. The number of alkyl halides is 3. The minimum Gasteiger partial charge on any atom is -0.507 e. The van der Waals surface area contributed by atoms with Gasteiger partial charge in [0.2, 0.25) is 5.95 Å². The van der Waals surface area contributed by atoms with E-state index in [0.717, 1.165) is 12.1 Å². The van der Waals surface area contributed by atoms with E-state index in [2.05, 4.69) is 15.2 Å². The van der Waals surface area contributed by atoms with Gasteiger partial charge in [-0.25, -0.2) is 4.98 Å². The van der Waals surface area contributed by atoms with E-state index in [9.17, 15) is 28.5 Å². The Morgan fingerprint density at radius 2 is 1.77 bits per heavy atom. The molecule has 2 atom stereocenters. The summed E-state index contributed by atoms with van der Waals surface area (Å²) in [5.41, 5.74) is -0.385. The molecule has 1 saturated heterocycles. The van der Waals surface area contributed by atoms with Gasteiger partial charge in [0, 0.05) is 25.1 Å². The molecular weight excluding hydrogens is 353 g/mol. The summed E-state index contributed by atoms with van der Waals surface area (Å²) in [4.78, 5) is 5.83. The maximum absolute atomic E-state index is 12.7. The van der Waals surface area contributed by atoms with Crippen LogP contribution in [0.5, 0.6) is 5.75 Å². The van der Waals surface area contributed by atoms with E-state index in [0.29, 0.717) is 11.8 Å². The zero-order valence-corrected chi connectivity index (χ0v) is 13.8. The van der Waals surface area contributed by atoms with Crippen LogP contribution < -0.4 is 4.90 Å². The minimum absolute atomic E-state index is 0.0840. The molecule has 1 aliphatic heterocycles. The summed E-state index contributed by atoms with van der Waals surface area (Å²) < 4.78 is 38.1. The molecule has 26 heavy (non-hydrogen) atoms. The van der Waals surface area contributed by atoms with E-state index in [1.165, 1.54) is 0 Å². The summed E-state index contributed by atoms with van der Waals surface area (Å²) in [5, 5.41) is 37.3. The number of anilines is 1. The molecule has 1 fully saturated rings. The van der Waals surface area contributed by atoms with Crippen molar-refractivity contribution in [2.24, 2.45) is 0 Å². The average Bonchev–Trinajstić information content (AvgIpc) is 2.53. The molecule has 3 N–H and O–H groups in total. The number of phenols is 1. The van der Waals surface area contributed by atoms with E-state index < -0.39 is 29.7 Å². The van der Waals surface area contributed by atoms with Crippen LogP contribution in [0.3, 0.4) is 0 Å². The standard InChI is InChI=1S/C16H17F3N4O3/c1-8-14(12-3-2-9(4-13(12)26)16(17,18)19)21-22-15(20-8)23-6-10(24)5-11(25)7-23/h2-4,10-11,24-26H,5-7H2,1H3/t10-,11-/m1/s1. The number of aromatic hydroxyl groups is 1. The Hall–Kier alpha value is -2.46. The van der Waals surface area contributed by atoms with Gasteiger partial charge in [0.05, 0.1) is 23.5 Å². The zero-order chi connectivity index (χ0) is 19.1. The van der Waals surface area contributed by atoms with Crippen LogP contribution in [0.2, 0.25) is 0 Å². The third-order valence-electron chi connectivity index (χ3n) is 4.12. The maximum Gasteiger partial charge on any atom is 0.416 e. The highest BCUT2D eigenvalue weighted by molar-refractivity contribution is 5.69. The van der Waals surface area contributed by atoms with Crippen LogP contribution in [0, 0.1) is 6.92 Å². The van der Waals surface area contributed by atoms with Crippen LogP contribution in [-0.2, 0) is 6.18 Å². The molecule has 0 unspecified atom stereocenters. The summed E-state index contributed by atoms with van der Waals surface area (Å²) >= 11 is 0. The number of aryl methyl sites for hydroxylation is 1. The fourth-order valence-corrected chi connectivity index (χ4v) is 2.89. The molecule has 1 aromatic heterocycles. The van der Waals surface area contributed by atoms with Crippen molar-refractivity contribution >= 4 is 5.95 Å². The largest absolute Gasteiger partial charge is 0.507 e. The van der Waals surface area contributed by atoms with Gasteiger partial charge in [0.25, 0.3) is 0 Å². The summed E-state index contributed by atoms with van der Waals surface area (Å²) in [7, 11) is 0. The fourth-order valence-electron chi connectivity index (χ4n) is 2.89. The van der Waals surface area contributed by atoms with E-state index in [4.69, 9.17) is 0 Å². The van der Waals surface area contributed by atoms with Crippen LogP contribution in [0.25, 0.3) is 11.3 Å². The smallest absolute Gasteiger partial charge is 0.416 e. The van der Waals surface area contributed by atoms with Crippen molar-refractivity contribution in [3.63, 3.8) is 0 Å². The number of hydrogen-bond acceptors (Lipinski definition) is 7. The van der Waals surface area contributed by atoms with Crippen molar-refractivity contribution in [2.75, 3.05) is 18.0 Å².